The lowest BCUT2D eigenvalue weighted by Gasteiger charge is -2.05. The van der Waals surface area contributed by atoms with Crippen molar-refractivity contribution in [3.63, 3.8) is 0 Å². The number of benzene rings is 1. The molecule has 0 unspecified atom stereocenters. The quantitative estimate of drug-likeness (QED) is 0.646. The van der Waals surface area contributed by atoms with Gasteiger partial charge in [-0.15, -0.1) is 17.9 Å². The molecule has 4 nitrogen and oxygen atoms in total. The molecule has 0 amide bonds. The molecule has 0 spiro atoms. The van der Waals surface area contributed by atoms with E-state index in [1.807, 2.05) is 0 Å². The Morgan fingerprint density at radius 2 is 2.38 bits per heavy atom. The van der Waals surface area contributed by atoms with Crippen LogP contribution in [0.5, 0.6) is 0 Å². The number of thiazole rings is 1. The van der Waals surface area contributed by atoms with E-state index in [1.54, 1.807) is 11.5 Å². The smallest absolute Gasteiger partial charge is 0.358 e. The van der Waals surface area contributed by atoms with Gasteiger partial charge in [-0.1, -0.05) is 23.7 Å². The van der Waals surface area contributed by atoms with Crippen molar-refractivity contribution in [1.82, 2.24) is 4.98 Å². The van der Waals surface area contributed by atoms with Crippen molar-refractivity contribution in [1.29, 1.82) is 0 Å². The van der Waals surface area contributed by atoms with Gasteiger partial charge in [-0.2, -0.15) is 0 Å². The van der Waals surface area contributed by atoms with E-state index < -0.39 is 11.8 Å². The molecule has 1 aromatic heterocycles. The third-order valence-electron chi connectivity index (χ3n) is 2.48. The molecule has 0 aliphatic heterocycles. The van der Waals surface area contributed by atoms with Gasteiger partial charge in [0, 0.05) is 17.5 Å². The summed E-state index contributed by atoms with van der Waals surface area (Å²) in [7, 11) is 0. The molecular weight excluding hydrogens is 315 g/mol. The van der Waals surface area contributed by atoms with Gasteiger partial charge >= 0.3 is 5.97 Å². The van der Waals surface area contributed by atoms with E-state index in [1.165, 1.54) is 29.5 Å². The predicted molar refractivity (Wildman–Crippen MR) is 81.3 cm³/mol. The van der Waals surface area contributed by atoms with Crippen LogP contribution in [0.4, 0.5) is 9.52 Å². The fraction of sp³-hybridized carbons (Fsp3) is 0.143. The molecule has 0 bridgehead atoms. The lowest BCUT2D eigenvalue weighted by molar-refractivity contribution is 0.0467. The van der Waals surface area contributed by atoms with E-state index in [0.717, 1.165) is 0 Å². The molecule has 0 saturated carbocycles. The molecule has 2 aromatic rings. The highest BCUT2D eigenvalue weighted by molar-refractivity contribution is 7.13. The maximum atomic E-state index is 12.9. The Balaban J connectivity index is 1.95. The highest BCUT2D eigenvalue weighted by atomic mass is 35.5. The molecule has 1 heterocycles. The summed E-state index contributed by atoms with van der Waals surface area (Å²) >= 11 is 7.15. The third-order valence-corrected chi connectivity index (χ3v) is 3.64. The summed E-state index contributed by atoms with van der Waals surface area (Å²) in [5, 5.41) is 5.40. The Kier molecular flexibility index (Phi) is 5.30. The molecule has 110 valence electrons. The van der Waals surface area contributed by atoms with E-state index in [2.05, 4.69) is 16.9 Å². The van der Waals surface area contributed by atoms with E-state index in [0.29, 0.717) is 17.2 Å². The third kappa shape index (κ3) is 4.27. The number of carbonyl (C=O) groups is 1. The average Bonchev–Trinajstić information content (AvgIpc) is 2.93. The molecule has 0 fully saturated rings. The lowest BCUT2D eigenvalue weighted by Crippen LogP contribution is -2.06. The summed E-state index contributed by atoms with van der Waals surface area (Å²) in [6.45, 7) is 4.10. The number of nitrogens with zero attached hydrogens (tertiary/aromatic N) is 1. The SMILES string of the molecule is C=CCNc1nc(C(=O)OCc2ccc(F)cc2Cl)cs1. The maximum Gasteiger partial charge on any atom is 0.358 e. The zero-order chi connectivity index (χ0) is 15.2. The van der Waals surface area contributed by atoms with Crippen LogP contribution in [-0.4, -0.2) is 17.5 Å². The van der Waals surface area contributed by atoms with Crippen LogP contribution in [0.2, 0.25) is 5.02 Å². The van der Waals surface area contributed by atoms with Crippen LogP contribution < -0.4 is 5.32 Å². The van der Waals surface area contributed by atoms with Gasteiger partial charge in [0.2, 0.25) is 0 Å². The van der Waals surface area contributed by atoms with Crippen LogP contribution in [0.25, 0.3) is 0 Å². The minimum atomic E-state index is -0.557. The lowest BCUT2D eigenvalue weighted by atomic mass is 10.2. The van der Waals surface area contributed by atoms with Crippen molar-refractivity contribution in [2.24, 2.45) is 0 Å². The van der Waals surface area contributed by atoms with Gasteiger partial charge in [-0.25, -0.2) is 14.2 Å². The van der Waals surface area contributed by atoms with Crippen molar-refractivity contribution < 1.29 is 13.9 Å². The number of nitrogens with one attached hydrogen (secondary N) is 1. The van der Waals surface area contributed by atoms with Crippen molar-refractivity contribution in [2.45, 2.75) is 6.61 Å². The first kappa shape index (κ1) is 15.5. The Hall–Kier alpha value is -1.92. The summed E-state index contributed by atoms with van der Waals surface area (Å²) in [5.74, 6) is -0.995. The molecule has 0 aliphatic carbocycles. The van der Waals surface area contributed by atoms with Gasteiger partial charge in [-0.05, 0) is 12.1 Å². The van der Waals surface area contributed by atoms with Crippen LogP contribution in [-0.2, 0) is 11.3 Å². The molecule has 7 heteroatoms. The fourth-order valence-corrected chi connectivity index (χ4v) is 2.38. The van der Waals surface area contributed by atoms with Crippen LogP contribution in [0.15, 0.2) is 36.2 Å². The summed E-state index contributed by atoms with van der Waals surface area (Å²) in [6, 6.07) is 3.91. The zero-order valence-electron chi connectivity index (χ0n) is 10.9. The molecule has 0 radical (unpaired) electrons. The number of anilines is 1. The number of aromatic nitrogens is 1. The minimum absolute atomic E-state index is 0.0368. The van der Waals surface area contributed by atoms with Gasteiger partial charge in [0.25, 0.3) is 0 Å². The molecule has 1 aromatic carbocycles. The number of carbonyl (C=O) groups excluding carboxylic acids is 1. The van der Waals surface area contributed by atoms with Crippen molar-refractivity contribution in [2.75, 3.05) is 11.9 Å². The number of ether oxygens (including phenoxy) is 1. The van der Waals surface area contributed by atoms with Crippen molar-refractivity contribution >= 4 is 34.0 Å². The Labute approximate surface area is 130 Å². The topological polar surface area (TPSA) is 51.2 Å². The first-order valence-corrected chi connectivity index (χ1v) is 7.27. The van der Waals surface area contributed by atoms with Crippen LogP contribution in [0, 0.1) is 5.82 Å². The Morgan fingerprint density at radius 3 is 3.10 bits per heavy atom. The Morgan fingerprint density at radius 1 is 1.57 bits per heavy atom. The van der Waals surface area contributed by atoms with Gasteiger partial charge in [0.1, 0.15) is 12.4 Å². The van der Waals surface area contributed by atoms with Crippen LogP contribution in [0.1, 0.15) is 16.1 Å². The van der Waals surface area contributed by atoms with E-state index in [-0.39, 0.29) is 17.3 Å². The summed E-state index contributed by atoms with van der Waals surface area (Å²) in [5.41, 5.74) is 0.747. The van der Waals surface area contributed by atoms with Crippen LogP contribution >= 0.6 is 22.9 Å². The van der Waals surface area contributed by atoms with Gasteiger partial charge in [-0.3, -0.25) is 0 Å². The average molecular weight is 327 g/mol. The Bertz CT molecular complexity index is 660. The normalized spacial score (nSPS) is 10.2. The maximum absolute atomic E-state index is 12.9. The molecule has 0 aliphatic rings. The predicted octanol–water partition coefficient (Wildman–Crippen LogP) is 3.89. The second kappa shape index (κ2) is 7.19. The fourth-order valence-electron chi connectivity index (χ4n) is 1.46. The minimum Gasteiger partial charge on any atom is -0.456 e. The summed E-state index contributed by atoms with van der Waals surface area (Å²) < 4.78 is 18.0. The molecule has 2 rings (SSSR count). The summed E-state index contributed by atoms with van der Waals surface area (Å²) in [4.78, 5) is 15.9. The summed E-state index contributed by atoms with van der Waals surface area (Å²) in [6.07, 6.45) is 1.69. The van der Waals surface area contributed by atoms with Gasteiger partial charge < -0.3 is 10.1 Å². The molecule has 21 heavy (non-hydrogen) atoms. The van der Waals surface area contributed by atoms with E-state index in [9.17, 15) is 9.18 Å². The molecule has 0 atom stereocenters. The molecule has 0 saturated heterocycles. The van der Waals surface area contributed by atoms with E-state index in [4.69, 9.17) is 16.3 Å². The van der Waals surface area contributed by atoms with Gasteiger partial charge in [0.15, 0.2) is 10.8 Å². The van der Waals surface area contributed by atoms with Crippen LogP contribution in [0.3, 0.4) is 0 Å². The second-order valence-corrected chi connectivity index (χ2v) is 5.28. The number of hydrogen-bond donors (Lipinski definition) is 1. The molecular formula is C14H12ClFN2O2S. The largest absolute Gasteiger partial charge is 0.456 e. The highest BCUT2D eigenvalue weighted by Crippen LogP contribution is 2.20. The molecule has 1 N–H and O–H groups in total. The number of rotatable bonds is 6. The van der Waals surface area contributed by atoms with E-state index >= 15 is 0 Å². The number of halogens is 2. The number of esters is 1. The van der Waals surface area contributed by atoms with Crippen molar-refractivity contribution in [3.05, 3.63) is 58.3 Å². The second-order valence-electron chi connectivity index (χ2n) is 4.02. The first-order chi connectivity index (χ1) is 10.1. The number of hydrogen-bond acceptors (Lipinski definition) is 5. The van der Waals surface area contributed by atoms with Crippen molar-refractivity contribution in [3.8, 4) is 0 Å². The standard InChI is InChI=1S/C14H12ClFN2O2S/c1-2-5-17-14-18-12(8-21-14)13(19)20-7-9-3-4-10(16)6-11(9)15/h2-4,6,8H,1,5,7H2,(H,17,18). The zero-order valence-corrected chi connectivity index (χ0v) is 12.5. The highest BCUT2D eigenvalue weighted by Gasteiger charge is 2.13. The van der Waals surface area contributed by atoms with Gasteiger partial charge in [0.05, 0.1) is 5.02 Å². The monoisotopic (exact) mass is 326 g/mol. The first-order valence-electron chi connectivity index (χ1n) is 6.01.